The molecule has 0 atom stereocenters. The Kier molecular flexibility index (Phi) is 5.37. The van der Waals surface area contributed by atoms with E-state index in [9.17, 15) is 9.59 Å². The van der Waals surface area contributed by atoms with Gasteiger partial charge in [0.15, 0.2) is 0 Å². The third-order valence-corrected chi connectivity index (χ3v) is 5.15. The van der Waals surface area contributed by atoms with E-state index < -0.39 is 0 Å². The van der Waals surface area contributed by atoms with E-state index in [1.54, 1.807) is 29.2 Å². The zero-order valence-electron chi connectivity index (χ0n) is 16.2. The highest BCUT2D eigenvalue weighted by molar-refractivity contribution is 5.94. The molecule has 1 aliphatic rings. The quantitative estimate of drug-likeness (QED) is 0.684. The van der Waals surface area contributed by atoms with Crippen LogP contribution in [-0.2, 0) is 11.2 Å². The van der Waals surface area contributed by atoms with Crippen LogP contribution in [0.2, 0.25) is 0 Å². The van der Waals surface area contributed by atoms with Crippen molar-refractivity contribution in [3.05, 3.63) is 71.6 Å². The van der Waals surface area contributed by atoms with Crippen LogP contribution in [0, 0.1) is 6.92 Å². The molecule has 2 heterocycles. The molecule has 4 rings (SSSR count). The van der Waals surface area contributed by atoms with Gasteiger partial charge in [-0.1, -0.05) is 47.1 Å². The smallest absolute Gasteiger partial charge is 0.253 e. The Hall–Kier alpha value is -3.48. The third-order valence-electron chi connectivity index (χ3n) is 5.15. The summed E-state index contributed by atoms with van der Waals surface area (Å²) < 4.78 is 4.75. The highest BCUT2D eigenvalue weighted by atomic mass is 16.5. The Morgan fingerprint density at radius 2 is 1.59 bits per heavy atom. The van der Waals surface area contributed by atoms with Gasteiger partial charge < -0.3 is 14.3 Å². The zero-order chi connectivity index (χ0) is 20.2. The summed E-state index contributed by atoms with van der Waals surface area (Å²) >= 11 is 0. The Morgan fingerprint density at radius 3 is 2.21 bits per heavy atom. The maximum absolute atomic E-state index is 12.8. The molecule has 1 fully saturated rings. The molecule has 0 bridgehead atoms. The predicted octanol–water partition coefficient (Wildman–Crippen LogP) is 2.57. The Morgan fingerprint density at radius 1 is 0.931 bits per heavy atom. The lowest BCUT2D eigenvalue weighted by Crippen LogP contribution is -2.51. The number of benzene rings is 2. The topological polar surface area (TPSA) is 79.5 Å². The molecule has 2 aromatic carbocycles. The summed E-state index contributed by atoms with van der Waals surface area (Å²) in [5.41, 5.74) is 3.60. The minimum absolute atomic E-state index is 0.0321. The summed E-state index contributed by atoms with van der Waals surface area (Å²) in [6, 6.07) is 15.2. The lowest BCUT2D eigenvalue weighted by Gasteiger charge is -2.35. The first-order valence-electron chi connectivity index (χ1n) is 9.59. The first kappa shape index (κ1) is 18.9. The number of carbonyl (C=O) groups is 2. The van der Waals surface area contributed by atoms with Gasteiger partial charge in [-0.3, -0.25) is 9.59 Å². The third kappa shape index (κ3) is 4.34. The molecule has 1 aromatic heterocycles. The van der Waals surface area contributed by atoms with E-state index >= 15 is 0 Å². The van der Waals surface area contributed by atoms with Gasteiger partial charge in [-0.2, -0.15) is 4.98 Å². The van der Waals surface area contributed by atoms with Gasteiger partial charge in [0.2, 0.25) is 18.1 Å². The monoisotopic (exact) mass is 390 g/mol. The van der Waals surface area contributed by atoms with Gasteiger partial charge >= 0.3 is 0 Å². The van der Waals surface area contributed by atoms with Crippen molar-refractivity contribution in [3.63, 3.8) is 0 Å². The van der Waals surface area contributed by atoms with Gasteiger partial charge in [0, 0.05) is 37.3 Å². The lowest BCUT2D eigenvalue weighted by atomic mass is 10.1. The fraction of sp³-hybridized carbons (Fsp3) is 0.273. The van der Waals surface area contributed by atoms with E-state index in [0.717, 1.165) is 11.1 Å². The van der Waals surface area contributed by atoms with Crippen molar-refractivity contribution in [2.45, 2.75) is 13.3 Å². The van der Waals surface area contributed by atoms with Crippen LogP contribution in [-0.4, -0.2) is 57.9 Å². The number of hydrogen-bond donors (Lipinski definition) is 0. The van der Waals surface area contributed by atoms with Crippen molar-refractivity contribution < 1.29 is 14.1 Å². The zero-order valence-corrected chi connectivity index (χ0v) is 16.2. The second-order valence-corrected chi connectivity index (χ2v) is 7.17. The van der Waals surface area contributed by atoms with E-state index in [0.29, 0.717) is 44.0 Å². The molecule has 7 heteroatoms. The molecule has 1 aliphatic heterocycles. The van der Waals surface area contributed by atoms with E-state index in [4.69, 9.17) is 4.52 Å². The highest BCUT2D eigenvalue weighted by Crippen LogP contribution is 2.17. The molecule has 29 heavy (non-hydrogen) atoms. The second-order valence-electron chi connectivity index (χ2n) is 7.17. The summed E-state index contributed by atoms with van der Waals surface area (Å²) in [4.78, 5) is 32.9. The fourth-order valence-corrected chi connectivity index (χ4v) is 3.39. The largest absolute Gasteiger partial charge is 0.342 e. The van der Waals surface area contributed by atoms with Crippen molar-refractivity contribution in [1.29, 1.82) is 0 Å². The highest BCUT2D eigenvalue weighted by Gasteiger charge is 2.25. The maximum atomic E-state index is 12.8. The molecular formula is C22H22N4O3. The number of amides is 2. The number of piperazine rings is 1. The average molecular weight is 390 g/mol. The Bertz CT molecular complexity index is 974. The van der Waals surface area contributed by atoms with Crippen LogP contribution in [0.5, 0.6) is 0 Å². The Balaban J connectivity index is 1.32. The van der Waals surface area contributed by atoms with Crippen LogP contribution in [0.3, 0.4) is 0 Å². The molecule has 2 amide bonds. The first-order valence-corrected chi connectivity index (χ1v) is 9.59. The van der Waals surface area contributed by atoms with Gasteiger partial charge in [-0.15, -0.1) is 0 Å². The fourth-order valence-electron chi connectivity index (χ4n) is 3.39. The number of carbonyl (C=O) groups excluding carboxylic acids is 2. The molecule has 0 N–H and O–H groups in total. The van der Waals surface area contributed by atoms with E-state index in [2.05, 4.69) is 10.1 Å². The summed E-state index contributed by atoms with van der Waals surface area (Å²) in [5, 5.41) is 3.79. The maximum Gasteiger partial charge on any atom is 0.253 e. The summed E-state index contributed by atoms with van der Waals surface area (Å²) in [7, 11) is 0. The molecule has 3 aromatic rings. The van der Waals surface area contributed by atoms with E-state index in [1.807, 2.05) is 36.1 Å². The van der Waals surface area contributed by atoms with Gasteiger partial charge in [-0.25, -0.2) is 0 Å². The Labute approximate surface area is 168 Å². The van der Waals surface area contributed by atoms with Crippen LogP contribution >= 0.6 is 0 Å². The standard InChI is InChI=1S/C22H22N4O3/c1-16-2-4-17(5-3-16)14-20(27)25-10-12-26(13-11-25)22(28)19-8-6-18(7-9-19)21-23-15-29-24-21/h2-9,15H,10-14H2,1H3. The molecule has 148 valence electrons. The van der Waals surface area contributed by atoms with Gasteiger partial charge in [0.25, 0.3) is 5.91 Å². The minimum atomic E-state index is -0.0321. The first-order chi connectivity index (χ1) is 14.1. The molecule has 0 spiro atoms. The number of aryl methyl sites for hydroxylation is 1. The number of rotatable bonds is 4. The molecule has 1 saturated heterocycles. The summed E-state index contributed by atoms with van der Waals surface area (Å²) in [5.74, 6) is 0.561. The van der Waals surface area contributed by atoms with Crippen LogP contribution in [0.15, 0.2) is 59.4 Å². The number of hydrogen-bond acceptors (Lipinski definition) is 5. The SMILES string of the molecule is Cc1ccc(CC(=O)N2CCN(C(=O)c3ccc(-c4ncon4)cc3)CC2)cc1. The van der Waals surface area contributed by atoms with Crippen molar-refractivity contribution in [2.24, 2.45) is 0 Å². The molecular weight excluding hydrogens is 368 g/mol. The summed E-state index contributed by atoms with van der Waals surface area (Å²) in [6.07, 6.45) is 1.67. The second kappa shape index (κ2) is 8.26. The normalized spacial score (nSPS) is 14.1. The molecule has 7 nitrogen and oxygen atoms in total. The summed E-state index contributed by atoms with van der Waals surface area (Å²) in [6.45, 7) is 4.20. The van der Waals surface area contributed by atoms with Crippen LogP contribution < -0.4 is 0 Å². The van der Waals surface area contributed by atoms with Crippen molar-refractivity contribution in [2.75, 3.05) is 26.2 Å². The van der Waals surface area contributed by atoms with Crippen molar-refractivity contribution >= 4 is 11.8 Å². The van der Waals surface area contributed by atoms with Crippen molar-refractivity contribution in [1.82, 2.24) is 19.9 Å². The molecule has 0 aliphatic carbocycles. The van der Waals surface area contributed by atoms with E-state index in [-0.39, 0.29) is 11.8 Å². The molecule has 0 radical (unpaired) electrons. The molecule has 0 saturated carbocycles. The molecule has 0 unspecified atom stereocenters. The van der Waals surface area contributed by atoms with Crippen LogP contribution in [0.25, 0.3) is 11.4 Å². The lowest BCUT2D eigenvalue weighted by molar-refractivity contribution is -0.131. The van der Waals surface area contributed by atoms with Crippen molar-refractivity contribution in [3.8, 4) is 11.4 Å². The average Bonchev–Trinajstić information content (AvgIpc) is 3.30. The van der Waals surface area contributed by atoms with E-state index in [1.165, 1.54) is 12.0 Å². The predicted molar refractivity (Wildman–Crippen MR) is 107 cm³/mol. The van der Waals surface area contributed by atoms with Crippen LogP contribution in [0.1, 0.15) is 21.5 Å². The van der Waals surface area contributed by atoms with Gasteiger partial charge in [0.05, 0.1) is 6.42 Å². The van der Waals surface area contributed by atoms with Gasteiger partial charge in [0.1, 0.15) is 0 Å². The van der Waals surface area contributed by atoms with Gasteiger partial charge in [-0.05, 0) is 24.6 Å². The minimum Gasteiger partial charge on any atom is -0.342 e. The van der Waals surface area contributed by atoms with Crippen LogP contribution in [0.4, 0.5) is 0 Å². The number of nitrogens with zero attached hydrogens (tertiary/aromatic N) is 4. The number of aromatic nitrogens is 2.